The van der Waals surface area contributed by atoms with Crippen LogP contribution in [0.4, 0.5) is 0 Å². The van der Waals surface area contributed by atoms with E-state index in [-0.39, 0.29) is 12.5 Å². The Hall–Kier alpha value is -1.71. The third-order valence-corrected chi connectivity index (χ3v) is 3.70. The van der Waals surface area contributed by atoms with Gasteiger partial charge in [0.1, 0.15) is 0 Å². The third kappa shape index (κ3) is 4.13. The summed E-state index contributed by atoms with van der Waals surface area (Å²) in [4.78, 5) is 0. The first-order valence-electron chi connectivity index (χ1n) is 6.87. The number of halogens is 1. The van der Waals surface area contributed by atoms with Crippen LogP contribution in [0.15, 0.2) is 48.5 Å². The van der Waals surface area contributed by atoms with Gasteiger partial charge < -0.3 is 14.6 Å². The highest BCUT2D eigenvalue weighted by molar-refractivity contribution is 6.31. The molecule has 1 N–H and O–H groups in total. The van der Waals surface area contributed by atoms with E-state index in [9.17, 15) is 5.11 Å². The van der Waals surface area contributed by atoms with E-state index in [1.165, 1.54) is 0 Å². The number of hydrogen-bond donors (Lipinski definition) is 1. The Morgan fingerprint density at radius 3 is 2.38 bits per heavy atom. The highest BCUT2D eigenvalue weighted by atomic mass is 35.5. The maximum Gasteiger partial charge on any atom is 0.161 e. The molecule has 0 fully saturated rings. The summed E-state index contributed by atoms with van der Waals surface area (Å²) >= 11 is 6.17. The molecule has 1 atom stereocenters. The van der Waals surface area contributed by atoms with Crippen molar-refractivity contribution in [1.29, 1.82) is 0 Å². The van der Waals surface area contributed by atoms with Crippen LogP contribution in [0.5, 0.6) is 11.5 Å². The Morgan fingerprint density at radius 2 is 1.71 bits per heavy atom. The monoisotopic (exact) mass is 306 g/mol. The Bertz CT molecular complexity index is 571. The molecule has 0 heterocycles. The van der Waals surface area contributed by atoms with Crippen molar-refractivity contribution < 1.29 is 14.6 Å². The van der Waals surface area contributed by atoms with Gasteiger partial charge in [0.05, 0.1) is 20.3 Å². The van der Waals surface area contributed by atoms with Gasteiger partial charge in [-0.3, -0.25) is 0 Å². The number of ether oxygens (including phenoxy) is 2. The molecule has 21 heavy (non-hydrogen) atoms. The second-order valence-electron chi connectivity index (χ2n) is 4.69. The van der Waals surface area contributed by atoms with Gasteiger partial charge in [0, 0.05) is 10.9 Å². The minimum Gasteiger partial charge on any atom is -0.493 e. The summed E-state index contributed by atoms with van der Waals surface area (Å²) in [6, 6.07) is 15.1. The average molecular weight is 307 g/mol. The molecule has 0 aliphatic rings. The van der Waals surface area contributed by atoms with Crippen molar-refractivity contribution in [2.24, 2.45) is 0 Å². The van der Waals surface area contributed by atoms with Crippen molar-refractivity contribution in [1.82, 2.24) is 0 Å². The van der Waals surface area contributed by atoms with E-state index in [1.807, 2.05) is 48.5 Å². The van der Waals surface area contributed by atoms with E-state index < -0.39 is 0 Å². The van der Waals surface area contributed by atoms with Crippen LogP contribution in [-0.4, -0.2) is 25.4 Å². The van der Waals surface area contributed by atoms with Crippen molar-refractivity contribution in [2.75, 3.05) is 20.3 Å². The van der Waals surface area contributed by atoms with Crippen LogP contribution in [0, 0.1) is 0 Å². The molecule has 0 saturated carbocycles. The molecule has 0 aliphatic carbocycles. The fourth-order valence-corrected chi connectivity index (χ4v) is 2.49. The van der Waals surface area contributed by atoms with Crippen LogP contribution in [0.25, 0.3) is 0 Å². The summed E-state index contributed by atoms with van der Waals surface area (Å²) in [7, 11) is 1.61. The van der Waals surface area contributed by atoms with Gasteiger partial charge in [0.2, 0.25) is 0 Å². The van der Waals surface area contributed by atoms with Crippen molar-refractivity contribution in [3.63, 3.8) is 0 Å². The van der Waals surface area contributed by atoms with E-state index in [0.717, 1.165) is 5.56 Å². The quantitative estimate of drug-likeness (QED) is 0.843. The van der Waals surface area contributed by atoms with Gasteiger partial charge >= 0.3 is 0 Å². The lowest BCUT2D eigenvalue weighted by Crippen LogP contribution is -2.10. The molecule has 0 aromatic heterocycles. The number of aliphatic hydroxyl groups excluding tert-OH is 1. The minimum absolute atomic E-state index is 0.0339. The van der Waals surface area contributed by atoms with E-state index in [4.69, 9.17) is 21.1 Å². The molecule has 2 aromatic carbocycles. The average Bonchev–Trinajstić information content (AvgIpc) is 2.53. The summed E-state index contributed by atoms with van der Waals surface area (Å²) in [5.74, 6) is 1.38. The molecular weight excluding hydrogens is 288 g/mol. The fourth-order valence-electron chi connectivity index (χ4n) is 2.20. The maximum atomic E-state index is 9.56. The van der Waals surface area contributed by atoms with Gasteiger partial charge in [-0.15, -0.1) is 0 Å². The smallest absolute Gasteiger partial charge is 0.161 e. The van der Waals surface area contributed by atoms with Gasteiger partial charge in [-0.05, 0) is 30.2 Å². The first kappa shape index (κ1) is 15.7. The summed E-state index contributed by atoms with van der Waals surface area (Å²) in [5.41, 5.74) is 0.949. The number of benzene rings is 2. The third-order valence-electron chi connectivity index (χ3n) is 3.36. The van der Waals surface area contributed by atoms with Gasteiger partial charge in [-0.2, -0.15) is 0 Å². The molecular formula is C17H19ClO3. The predicted octanol–water partition coefficient (Wildman–Crippen LogP) is 3.89. The second kappa shape index (κ2) is 7.91. The lowest BCUT2D eigenvalue weighted by molar-refractivity contribution is 0.225. The molecule has 0 radical (unpaired) electrons. The molecule has 2 rings (SSSR count). The molecule has 0 aliphatic heterocycles. The van der Waals surface area contributed by atoms with Gasteiger partial charge in [0.25, 0.3) is 0 Å². The maximum absolute atomic E-state index is 9.56. The van der Waals surface area contributed by atoms with Crippen LogP contribution in [0.3, 0.4) is 0 Å². The van der Waals surface area contributed by atoms with Crippen LogP contribution in [0.2, 0.25) is 5.02 Å². The summed E-state index contributed by atoms with van der Waals surface area (Å²) in [6.07, 6.45) is 0.679. The summed E-state index contributed by atoms with van der Waals surface area (Å²) in [6.45, 7) is 0.524. The van der Waals surface area contributed by atoms with Gasteiger partial charge in [-0.25, -0.2) is 0 Å². The SMILES string of the molecule is COc1ccccc1OCCC(CO)c1ccccc1Cl. The van der Waals surface area contributed by atoms with E-state index in [2.05, 4.69) is 0 Å². The van der Waals surface area contributed by atoms with E-state index in [0.29, 0.717) is 29.5 Å². The van der Waals surface area contributed by atoms with Crippen molar-refractivity contribution in [3.8, 4) is 11.5 Å². The van der Waals surface area contributed by atoms with E-state index >= 15 is 0 Å². The summed E-state index contributed by atoms with van der Waals surface area (Å²) < 4.78 is 11.0. The zero-order valence-corrected chi connectivity index (χ0v) is 12.7. The topological polar surface area (TPSA) is 38.7 Å². The van der Waals surface area contributed by atoms with Crippen LogP contribution in [0.1, 0.15) is 17.9 Å². The molecule has 0 amide bonds. The molecule has 0 saturated heterocycles. The Morgan fingerprint density at radius 1 is 1.05 bits per heavy atom. The van der Waals surface area contributed by atoms with Crippen LogP contribution >= 0.6 is 11.6 Å². The van der Waals surface area contributed by atoms with Crippen molar-refractivity contribution in [2.45, 2.75) is 12.3 Å². The second-order valence-corrected chi connectivity index (χ2v) is 5.10. The largest absolute Gasteiger partial charge is 0.493 e. The normalized spacial score (nSPS) is 12.0. The van der Waals surface area contributed by atoms with Crippen molar-refractivity contribution >= 4 is 11.6 Å². The standard InChI is InChI=1S/C17H19ClO3/c1-20-16-8-4-5-9-17(16)21-11-10-13(12-19)14-6-2-3-7-15(14)18/h2-9,13,19H,10-12H2,1H3. The molecule has 4 heteroatoms. The number of rotatable bonds is 7. The fraction of sp³-hybridized carbons (Fsp3) is 0.294. The molecule has 0 bridgehead atoms. The molecule has 1 unspecified atom stereocenters. The number of aliphatic hydroxyl groups is 1. The lowest BCUT2D eigenvalue weighted by atomic mass is 9.97. The Kier molecular flexibility index (Phi) is 5.90. The first-order valence-corrected chi connectivity index (χ1v) is 7.25. The first-order chi connectivity index (χ1) is 10.3. The Labute approximate surface area is 130 Å². The van der Waals surface area contributed by atoms with Crippen LogP contribution < -0.4 is 9.47 Å². The minimum atomic E-state index is -0.0339. The van der Waals surface area contributed by atoms with Gasteiger partial charge in [-0.1, -0.05) is 41.9 Å². The highest BCUT2D eigenvalue weighted by Gasteiger charge is 2.14. The molecule has 0 spiro atoms. The number of para-hydroxylation sites is 2. The number of hydrogen-bond acceptors (Lipinski definition) is 3. The molecule has 112 valence electrons. The van der Waals surface area contributed by atoms with Crippen molar-refractivity contribution in [3.05, 3.63) is 59.1 Å². The van der Waals surface area contributed by atoms with E-state index in [1.54, 1.807) is 7.11 Å². The zero-order chi connectivity index (χ0) is 15.1. The molecule has 2 aromatic rings. The molecule has 3 nitrogen and oxygen atoms in total. The summed E-state index contributed by atoms with van der Waals surface area (Å²) in [5, 5.41) is 10.2. The highest BCUT2D eigenvalue weighted by Crippen LogP contribution is 2.29. The number of methoxy groups -OCH3 is 1. The van der Waals surface area contributed by atoms with Gasteiger partial charge in [0.15, 0.2) is 11.5 Å². The zero-order valence-electron chi connectivity index (χ0n) is 12.0. The Balaban J connectivity index is 1.97. The lowest BCUT2D eigenvalue weighted by Gasteiger charge is -2.17. The predicted molar refractivity (Wildman–Crippen MR) is 84.4 cm³/mol. The van der Waals surface area contributed by atoms with Crippen LogP contribution in [-0.2, 0) is 0 Å².